The third-order valence-electron chi connectivity index (χ3n) is 2.40. The lowest BCUT2D eigenvalue weighted by Crippen LogP contribution is -2.45. The van der Waals surface area contributed by atoms with Gasteiger partial charge in [0.1, 0.15) is 11.0 Å². The summed E-state index contributed by atoms with van der Waals surface area (Å²) in [5.74, 6) is -1.35. The maximum absolute atomic E-state index is 11.7. The second-order valence-electron chi connectivity index (χ2n) is 3.73. The van der Waals surface area contributed by atoms with Crippen LogP contribution in [0.3, 0.4) is 0 Å². The van der Waals surface area contributed by atoms with Crippen molar-refractivity contribution in [2.75, 3.05) is 11.9 Å². The van der Waals surface area contributed by atoms with Crippen LogP contribution in [0.5, 0.6) is 0 Å². The van der Waals surface area contributed by atoms with Gasteiger partial charge in [0.05, 0.1) is 29.0 Å². The zero-order valence-corrected chi connectivity index (χ0v) is 11.4. The minimum atomic E-state index is -1.40. The molecule has 0 aliphatic rings. The van der Waals surface area contributed by atoms with E-state index >= 15 is 0 Å². The van der Waals surface area contributed by atoms with Crippen LogP contribution in [0, 0.1) is 0 Å². The van der Waals surface area contributed by atoms with Gasteiger partial charge in [-0.15, -0.1) is 0 Å². The highest BCUT2D eigenvalue weighted by Gasteiger charge is 2.20. The number of urea groups is 1. The molecular weight excluding hydrogens is 308 g/mol. The molecule has 0 spiro atoms. The summed E-state index contributed by atoms with van der Waals surface area (Å²) in [7, 11) is 0. The summed E-state index contributed by atoms with van der Waals surface area (Å²) in [6.07, 6.45) is 0. The molecule has 106 valence electrons. The summed E-state index contributed by atoms with van der Waals surface area (Å²) in [5.41, 5.74) is 1.21. The number of anilines is 1. The van der Waals surface area contributed by atoms with Crippen molar-refractivity contribution < 1.29 is 19.8 Å². The van der Waals surface area contributed by atoms with Crippen LogP contribution in [-0.4, -0.2) is 43.6 Å². The molecule has 1 unspecified atom stereocenters. The van der Waals surface area contributed by atoms with Crippen molar-refractivity contribution in [1.29, 1.82) is 0 Å². The first-order chi connectivity index (χ1) is 9.52. The lowest BCUT2D eigenvalue weighted by Gasteiger charge is -2.13. The number of hydrogen-bond acceptors (Lipinski definition) is 6. The van der Waals surface area contributed by atoms with Gasteiger partial charge in [-0.3, -0.25) is 0 Å². The van der Waals surface area contributed by atoms with Crippen molar-refractivity contribution in [1.82, 2.24) is 14.1 Å². The molecule has 0 bridgehead atoms. The fraction of sp³-hybridized carbons (Fsp3) is 0.200. The van der Waals surface area contributed by atoms with Gasteiger partial charge in [0, 0.05) is 0 Å². The Kier molecular flexibility index (Phi) is 4.32. The predicted molar refractivity (Wildman–Crippen MR) is 73.1 cm³/mol. The van der Waals surface area contributed by atoms with Crippen LogP contribution in [0.25, 0.3) is 11.0 Å². The molecule has 0 saturated heterocycles. The monoisotopic (exact) mass is 316 g/mol. The highest BCUT2D eigenvalue weighted by molar-refractivity contribution is 7.00. The quantitative estimate of drug-likeness (QED) is 0.664. The molecule has 1 aromatic carbocycles. The molecule has 2 amide bonds. The summed E-state index contributed by atoms with van der Waals surface area (Å²) >= 11 is 6.93. The highest BCUT2D eigenvalue weighted by atomic mass is 35.5. The Labute approximate surface area is 121 Å². The SMILES string of the molecule is O=C(Nc1c(Cl)ccc2nsnc12)NC(CO)C(=O)O. The number of rotatable bonds is 4. The number of aromatic nitrogens is 2. The first kappa shape index (κ1) is 14.4. The molecule has 2 rings (SSSR count). The molecular formula is C10H9ClN4O4S. The van der Waals surface area contributed by atoms with E-state index in [0.717, 1.165) is 11.7 Å². The Bertz CT molecular complexity index is 662. The maximum Gasteiger partial charge on any atom is 0.328 e. The number of hydrogen-bond donors (Lipinski definition) is 4. The standard InChI is InChI=1S/C10H9ClN4O4S/c11-4-1-2-5-8(15-20-14-5)7(4)13-10(19)12-6(3-16)9(17)18/h1-2,6,16H,3H2,(H,17,18)(H2,12,13,19). The van der Waals surface area contributed by atoms with E-state index in [9.17, 15) is 9.59 Å². The largest absolute Gasteiger partial charge is 0.480 e. The smallest absolute Gasteiger partial charge is 0.328 e. The van der Waals surface area contributed by atoms with Crippen molar-refractivity contribution in [2.24, 2.45) is 0 Å². The van der Waals surface area contributed by atoms with Gasteiger partial charge in [-0.2, -0.15) is 8.75 Å². The fourth-order valence-corrected chi connectivity index (χ4v) is 2.18. The van der Waals surface area contributed by atoms with Crippen molar-refractivity contribution in [3.05, 3.63) is 17.2 Å². The van der Waals surface area contributed by atoms with E-state index in [4.69, 9.17) is 21.8 Å². The van der Waals surface area contributed by atoms with E-state index in [-0.39, 0.29) is 10.7 Å². The molecule has 2 aromatic rings. The van der Waals surface area contributed by atoms with Crippen LogP contribution < -0.4 is 10.6 Å². The van der Waals surface area contributed by atoms with Gasteiger partial charge >= 0.3 is 12.0 Å². The number of halogens is 1. The Morgan fingerprint density at radius 1 is 1.40 bits per heavy atom. The van der Waals surface area contributed by atoms with E-state index in [1.54, 1.807) is 12.1 Å². The molecule has 8 nitrogen and oxygen atoms in total. The van der Waals surface area contributed by atoms with Crippen LogP contribution in [0.4, 0.5) is 10.5 Å². The molecule has 1 aromatic heterocycles. The van der Waals surface area contributed by atoms with Gasteiger partial charge in [-0.25, -0.2) is 9.59 Å². The molecule has 1 heterocycles. The van der Waals surface area contributed by atoms with Crippen LogP contribution in [0.2, 0.25) is 5.02 Å². The second kappa shape index (κ2) is 5.99. The van der Waals surface area contributed by atoms with E-state index in [1.165, 1.54) is 0 Å². The lowest BCUT2D eigenvalue weighted by molar-refractivity contribution is -0.140. The second-order valence-corrected chi connectivity index (χ2v) is 4.66. The zero-order valence-electron chi connectivity index (χ0n) is 9.83. The first-order valence-electron chi connectivity index (χ1n) is 5.35. The van der Waals surface area contributed by atoms with Crippen LogP contribution >= 0.6 is 23.3 Å². The van der Waals surface area contributed by atoms with Gasteiger partial charge in [0.25, 0.3) is 0 Å². The van der Waals surface area contributed by atoms with E-state index in [2.05, 4.69) is 19.4 Å². The van der Waals surface area contributed by atoms with Crippen molar-refractivity contribution in [3.63, 3.8) is 0 Å². The third-order valence-corrected chi connectivity index (χ3v) is 3.26. The number of fused-ring (bicyclic) bond motifs is 1. The van der Waals surface area contributed by atoms with Crippen molar-refractivity contribution in [3.8, 4) is 0 Å². The van der Waals surface area contributed by atoms with Crippen LogP contribution in [0.15, 0.2) is 12.1 Å². The van der Waals surface area contributed by atoms with Gasteiger partial charge in [-0.1, -0.05) is 11.6 Å². The number of aliphatic hydroxyl groups is 1. The molecule has 0 radical (unpaired) electrons. The maximum atomic E-state index is 11.7. The fourth-order valence-electron chi connectivity index (χ4n) is 1.44. The molecule has 0 fully saturated rings. The number of carboxylic acids is 1. The summed E-state index contributed by atoms with van der Waals surface area (Å²) < 4.78 is 8.00. The minimum Gasteiger partial charge on any atom is -0.480 e. The first-order valence-corrected chi connectivity index (χ1v) is 6.45. The molecule has 0 aliphatic carbocycles. The predicted octanol–water partition coefficient (Wildman–Crippen LogP) is 0.912. The van der Waals surface area contributed by atoms with Crippen LogP contribution in [-0.2, 0) is 4.79 Å². The average Bonchev–Trinajstić information content (AvgIpc) is 2.87. The van der Waals surface area contributed by atoms with Crippen LogP contribution in [0.1, 0.15) is 0 Å². The van der Waals surface area contributed by atoms with E-state index in [1.807, 2.05) is 0 Å². The number of carboxylic acid groups (broad SMARTS) is 1. The molecule has 4 N–H and O–H groups in total. The number of carbonyl (C=O) groups excluding carboxylic acids is 1. The zero-order chi connectivity index (χ0) is 14.7. The molecule has 20 heavy (non-hydrogen) atoms. The highest BCUT2D eigenvalue weighted by Crippen LogP contribution is 2.29. The Morgan fingerprint density at radius 3 is 2.80 bits per heavy atom. The van der Waals surface area contributed by atoms with Crippen molar-refractivity contribution >= 4 is 52.1 Å². The van der Waals surface area contributed by atoms with Gasteiger partial charge in [0.2, 0.25) is 0 Å². The Morgan fingerprint density at radius 2 is 2.15 bits per heavy atom. The van der Waals surface area contributed by atoms with Gasteiger partial charge in [-0.05, 0) is 12.1 Å². The minimum absolute atomic E-state index is 0.234. The Hall–Kier alpha value is -1.97. The van der Waals surface area contributed by atoms with E-state index < -0.39 is 24.6 Å². The number of aliphatic hydroxyl groups excluding tert-OH is 1. The Balaban J connectivity index is 2.19. The average molecular weight is 317 g/mol. The molecule has 0 saturated carbocycles. The molecule has 1 atom stereocenters. The summed E-state index contributed by atoms with van der Waals surface area (Å²) in [5, 5.41) is 22.3. The molecule has 10 heteroatoms. The molecule has 0 aliphatic heterocycles. The number of amides is 2. The third kappa shape index (κ3) is 2.95. The summed E-state index contributed by atoms with van der Waals surface area (Å²) in [6.45, 7) is -0.723. The lowest BCUT2D eigenvalue weighted by atomic mass is 10.2. The van der Waals surface area contributed by atoms with Gasteiger partial charge < -0.3 is 20.8 Å². The number of nitrogens with zero attached hydrogens (tertiary/aromatic N) is 2. The number of nitrogens with one attached hydrogen (secondary N) is 2. The summed E-state index contributed by atoms with van der Waals surface area (Å²) in [4.78, 5) is 22.4. The normalized spacial score (nSPS) is 12.1. The number of benzene rings is 1. The van der Waals surface area contributed by atoms with Crippen molar-refractivity contribution in [2.45, 2.75) is 6.04 Å². The van der Waals surface area contributed by atoms with Gasteiger partial charge in [0.15, 0.2) is 6.04 Å². The van der Waals surface area contributed by atoms with E-state index in [0.29, 0.717) is 11.0 Å². The summed E-state index contributed by atoms with van der Waals surface area (Å²) in [6, 6.07) is 0.981. The number of carbonyl (C=O) groups is 2. The number of aliphatic carboxylic acids is 1. The topological polar surface area (TPSA) is 124 Å².